The number of nitrogens with two attached hydrogens (primary N) is 1. The molecule has 176 valence electrons. The van der Waals surface area contributed by atoms with Crippen molar-refractivity contribution in [3.8, 4) is 11.8 Å². The van der Waals surface area contributed by atoms with Crippen molar-refractivity contribution in [2.45, 2.75) is 32.9 Å². The zero-order chi connectivity index (χ0) is 24.4. The fourth-order valence-corrected chi connectivity index (χ4v) is 4.13. The number of carbonyl (C=O) groups is 1. The Kier molecular flexibility index (Phi) is 6.04. The van der Waals surface area contributed by atoms with E-state index in [1.165, 1.54) is 11.4 Å². The van der Waals surface area contributed by atoms with E-state index in [1.807, 2.05) is 62.4 Å². The molecule has 3 heterocycles. The third-order valence-corrected chi connectivity index (χ3v) is 5.95. The van der Waals surface area contributed by atoms with E-state index in [9.17, 15) is 4.79 Å². The van der Waals surface area contributed by atoms with Gasteiger partial charge in [0, 0.05) is 24.2 Å². The highest BCUT2D eigenvalue weighted by Gasteiger charge is 2.31. The summed E-state index contributed by atoms with van der Waals surface area (Å²) in [4.78, 5) is 27.0. The fourth-order valence-electron chi connectivity index (χ4n) is 4.13. The zero-order valence-corrected chi connectivity index (χ0v) is 19.5. The number of benzene rings is 2. The number of amides is 2. The molecule has 1 saturated heterocycles. The summed E-state index contributed by atoms with van der Waals surface area (Å²) in [6.07, 6.45) is 2.17. The molecular formula is C26H25N7O2. The van der Waals surface area contributed by atoms with Crippen molar-refractivity contribution < 1.29 is 9.63 Å². The van der Waals surface area contributed by atoms with E-state index in [1.54, 1.807) is 4.68 Å². The summed E-state index contributed by atoms with van der Waals surface area (Å²) < 4.78 is 1.75. The number of hydrogen-bond acceptors (Lipinski definition) is 6. The molecule has 35 heavy (non-hydrogen) atoms. The Morgan fingerprint density at radius 1 is 1.20 bits per heavy atom. The molecule has 2 aromatic carbocycles. The molecule has 1 aliphatic rings. The highest BCUT2D eigenvalue weighted by molar-refractivity contribution is 5.91. The number of anilines is 2. The molecule has 0 saturated carbocycles. The normalized spacial score (nSPS) is 15.1. The van der Waals surface area contributed by atoms with Crippen LogP contribution >= 0.6 is 0 Å². The summed E-state index contributed by atoms with van der Waals surface area (Å²) >= 11 is 0. The summed E-state index contributed by atoms with van der Waals surface area (Å²) in [5, 5.41) is 9.53. The zero-order valence-electron chi connectivity index (χ0n) is 19.5. The molecule has 0 unspecified atom stereocenters. The molecule has 0 aliphatic carbocycles. The maximum Gasteiger partial charge on any atom is 0.346 e. The van der Waals surface area contributed by atoms with Gasteiger partial charge in [-0.3, -0.25) is 4.84 Å². The molecule has 2 amide bonds. The van der Waals surface area contributed by atoms with Gasteiger partial charge in [0.15, 0.2) is 5.65 Å². The molecule has 1 aliphatic heterocycles. The van der Waals surface area contributed by atoms with Crippen LogP contribution in [0.15, 0.2) is 54.9 Å². The molecule has 0 bridgehead atoms. The number of rotatable bonds is 3. The number of urea groups is 1. The highest BCUT2D eigenvalue weighted by atomic mass is 16.7. The maximum atomic E-state index is 13.0. The van der Waals surface area contributed by atoms with Crippen LogP contribution in [-0.4, -0.2) is 37.4 Å². The second-order valence-corrected chi connectivity index (χ2v) is 8.21. The van der Waals surface area contributed by atoms with Gasteiger partial charge in [-0.15, -0.1) is 0 Å². The van der Waals surface area contributed by atoms with E-state index in [-0.39, 0.29) is 12.1 Å². The van der Waals surface area contributed by atoms with Crippen LogP contribution < -0.4 is 11.1 Å². The van der Waals surface area contributed by atoms with Gasteiger partial charge < -0.3 is 11.1 Å². The van der Waals surface area contributed by atoms with Crippen molar-refractivity contribution in [3.63, 3.8) is 0 Å². The van der Waals surface area contributed by atoms with Crippen molar-refractivity contribution in [2.75, 3.05) is 17.7 Å². The molecule has 0 spiro atoms. The minimum Gasteiger partial charge on any atom is -0.383 e. The Labute approximate surface area is 202 Å². The van der Waals surface area contributed by atoms with Gasteiger partial charge in [-0.1, -0.05) is 42.3 Å². The standard InChI is InChI=1S/C26H25N7O2/c1-3-32-25-23(24(27)28-16-29-25)21(31-32)12-10-19-15-20(11-9-17(19)2)30-26(34)33-22(13-14-35-33)18-7-5-4-6-8-18/h4-9,11,15-16,22H,3,13-14H2,1-2H3,(H,30,34)(H2,27,28,29)/t22-/m1/s1. The van der Waals surface area contributed by atoms with Gasteiger partial charge in [-0.2, -0.15) is 10.2 Å². The van der Waals surface area contributed by atoms with Gasteiger partial charge in [-0.25, -0.2) is 19.4 Å². The van der Waals surface area contributed by atoms with Gasteiger partial charge in [0.1, 0.15) is 17.8 Å². The fraction of sp³-hybridized carbons (Fsp3) is 0.231. The predicted molar refractivity (Wildman–Crippen MR) is 133 cm³/mol. The predicted octanol–water partition coefficient (Wildman–Crippen LogP) is 4.05. The SMILES string of the molecule is CCn1nc(C#Cc2cc(NC(=O)N3OCC[C@@H]3c3ccccc3)ccc2C)c2c(N)ncnc21. The van der Waals surface area contributed by atoms with E-state index in [0.29, 0.717) is 41.4 Å². The number of aryl methyl sites for hydroxylation is 2. The minimum atomic E-state index is -0.322. The number of nitrogens with one attached hydrogen (secondary N) is 1. The third-order valence-electron chi connectivity index (χ3n) is 5.95. The molecular weight excluding hydrogens is 442 g/mol. The molecule has 0 radical (unpaired) electrons. The first-order chi connectivity index (χ1) is 17.0. The molecule has 2 aromatic heterocycles. The van der Waals surface area contributed by atoms with Crippen LogP contribution in [0, 0.1) is 18.8 Å². The van der Waals surface area contributed by atoms with Crippen LogP contribution in [0.4, 0.5) is 16.3 Å². The average molecular weight is 468 g/mol. The van der Waals surface area contributed by atoms with Gasteiger partial charge in [-0.05, 0) is 43.0 Å². The third kappa shape index (κ3) is 4.39. The Morgan fingerprint density at radius 3 is 2.83 bits per heavy atom. The minimum absolute atomic E-state index is 0.129. The van der Waals surface area contributed by atoms with Crippen LogP contribution in [0.25, 0.3) is 11.0 Å². The summed E-state index contributed by atoms with van der Waals surface area (Å²) in [6.45, 7) is 5.07. The molecule has 5 rings (SSSR count). The lowest BCUT2D eigenvalue weighted by Gasteiger charge is -2.23. The molecule has 9 nitrogen and oxygen atoms in total. The Morgan fingerprint density at radius 2 is 2.03 bits per heavy atom. The lowest BCUT2D eigenvalue weighted by atomic mass is 10.1. The summed E-state index contributed by atoms with van der Waals surface area (Å²) in [7, 11) is 0. The number of nitrogen functional groups attached to an aromatic ring is 1. The van der Waals surface area contributed by atoms with Crippen molar-refractivity contribution in [3.05, 3.63) is 77.2 Å². The van der Waals surface area contributed by atoms with Crippen molar-refractivity contribution in [2.24, 2.45) is 0 Å². The Bertz CT molecular complexity index is 1450. The van der Waals surface area contributed by atoms with Crippen LogP contribution in [0.5, 0.6) is 0 Å². The first-order valence-corrected chi connectivity index (χ1v) is 11.4. The number of fused-ring (bicyclic) bond motifs is 1. The number of carbonyl (C=O) groups excluding carboxylic acids is 1. The first kappa shape index (κ1) is 22.4. The van der Waals surface area contributed by atoms with Crippen LogP contribution in [0.1, 0.15) is 41.8 Å². The number of hydroxylamine groups is 2. The second kappa shape index (κ2) is 9.44. The van der Waals surface area contributed by atoms with Crippen molar-refractivity contribution >= 4 is 28.6 Å². The molecule has 1 atom stereocenters. The highest BCUT2D eigenvalue weighted by Crippen LogP contribution is 2.31. The second-order valence-electron chi connectivity index (χ2n) is 8.21. The lowest BCUT2D eigenvalue weighted by molar-refractivity contribution is -0.0829. The summed E-state index contributed by atoms with van der Waals surface area (Å²) in [5.74, 6) is 6.63. The average Bonchev–Trinajstić information content (AvgIpc) is 3.51. The monoisotopic (exact) mass is 467 g/mol. The lowest BCUT2D eigenvalue weighted by Crippen LogP contribution is -2.33. The molecule has 9 heteroatoms. The van der Waals surface area contributed by atoms with Gasteiger partial charge in [0.2, 0.25) is 0 Å². The van der Waals surface area contributed by atoms with Gasteiger partial charge >= 0.3 is 6.03 Å². The molecule has 3 N–H and O–H groups in total. The van der Waals surface area contributed by atoms with Crippen LogP contribution in [0.3, 0.4) is 0 Å². The smallest absolute Gasteiger partial charge is 0.346 e. The summed E-state index contributed by atoms with van der Waals surface area (Å²) in [6, 6.07) is 15.0. The van der Waals surface area contributed by atoms with Crippen LogP contribution in [0.2, 0.25) is 0 Å². The number of aromatic nitrogens is 4. The van der Waals surface area contributed by atoms with E-state index in [2.05, 4.69) is 32.2 Å². The molecule has 1 fully saturated rings. The van der Waals surface area contributed by atoms with Gasteiger partial charge in [0.05, 0.1) is 18.0 Å². The quantitative estimate of drug-likeness (QED) is 0.440. The summed E-state index contributed by atoms with van der Waals surface area (Å²) in [5.41, 5.74) is 10.6. The Balaban J connectivity index is 1.40. The van der Waals surface area contributed by atoms with Crippen molar-refractivity contribution in [1.82, 2.24) is 24.8 Å². The van der Waals surface area contributed by atoms with E-state index in [4.69, 9.17) is 10.6 Å². The Hall–Kier alpha value is -4.42. The maximum absolute atomic E-state index is 13.0. The first-order valence-electron chi connectivity index (χ1n) is 11.4. The van der Waals surface area contributed by atoms with Crippen molar-refractivity contribution in [1.29, 1.82) is 0 Å². The van der Waals surface area contributed by atoms with E-state index < -0.39 is 0 Å². The van der Waals surface area contributed by atoms with E-state index >= 15 is 0 Å². The van der Waals surface area contributed by atoms with Gasteiger partial charge in [0.25, 0.3) is 0 Å². The van der Waals surface area contributed by atoms with Crippen LogP contribution in [-0.2, 0) is 11.4 Å². The number of hydrogen-bond donors (Lipinski definition) is 2. The number of nitrogens with zero attached hydrogens (tertiary/aromatic N) is 5. The molecule has 4 aromatic rings. The topological polar surface area (TPSA) is 111 Å². The largest absolute Gasteiger partial charge is 0.383 e. The van der Waals surface area contributed by atoms with E-state index in [0.717, 1.165) is 23.1 Å².